The maximum absolute atomic E-state index is 12.2. The smallest absolute Gasteiger partial charge is 0.309 e. The molecule has 1 fully saturated rings. The number of carbonyl (C=O) groups excluding carboxylic acids is 1. The zero-order valence-electron chi connectivity index (χ0n) is 13.1. The lowest BCUT2D eigenvalue weighted by molar-refractivity contribution is -0.167. The third-order valence-electron chi connectivity index (χ3n) is 4.33. The van der Waals surface area contributed by atoms with E-state index in [1.54, 1.807) is 0 Å². The first-order chi connectivity index (χ1) is 8.97. The van der Waals surface area contributed by atoms with Gasteiger partial charge in [0.25, 0.3) is 0 Å². The molecule has 1 atom stereocenters. The van der Waals surface area contributed by atoms with Crippen molar-refractivity contribution in [2.75, 3.05) is 13.1 Å². The minimum atomic E-state index is -0.321. The Hall–Kier alpha value is -0.570. The number of piperidine rings is 1. The van der Waals surface area contributed by atoms with Crippen molar-refractivity contribution in [3.05, 3.63) is 0 Å². The number of rotatable bonds is 7. The summed E-state index contributed by atoms with van der Waals surface area (Å²) < 4.78 is 5.80. The highest BCUT2D eigenvalue weighted by Crippen LogP contribution is 2.30. The Morgan fingerprint density at radius 3 is 2.53 bits per heavy atom. The topological polar surface area (TPSA) is 38.3 Å². The van der Waals surface area contributed by atoms with Crippen LogP contribution in [-0.4, -0.2) is 24.7 Å². The lowest BCUT2D eigenvalue weighted by Gasteiger charge is -2.37. The van der Waals surface area contributed by atoms with Crippen LogP contribution < -0.4 is 5.32 Å². The lowest BCUT2D eigenvalue weighted by Crippen LogP contribution is -2.43. The molecule has 3 nitrogen and oxygen atoms in total. The highest BCUT2D eigenvalue weighted by atomic mass is 16.6. The van der Waals surface area contributed by atoms with Gasteiger partial charge in [-0.05, 0) is 46.2 Å². The number of nitrogens with one attached hydrogen (secondary N) is 1. The van der Waals surface area contributed by atoms with Crippen LogP contribution in [0, 0.1) is 11.8 Å². The number of unbranched alkanes of at least 4 members (excludes halogenated alkanes) is 2. The first-order valence-corrected chi connectivity index (χ1v) is 7.91. The molecule has 1 saturated heterocycles. The van der Waals surface area contributed by atoms with E-state index in [4.69, 9.17) is 4.74 Å². The molecule has 1 unspecified atom stereocenters. The first-order valence-electron chi connectivity index (χ1n) is 7.91. The summed E-state index contributed by atoms with van der Waals surface area (Å²) in [6.45, 7) is 10.4. The molecule has 1 aliphatic heterocycles. The Labute approximate surface area is 118 Å². The van der Waals surface area contributed by atoms with Crippen LogP contribution in [-0.2, 0) is 9.53 Å². The Morgan fingerprint density at radius 1 is 1.32 bits per heavy atom. The second kappa shape index (κ2) is 7.88. The molecule has 0 aromatic rings. The minimum absolute atomic E-state index is 0.0142. The van der Waals surface area contributed by atoms with E-state index in [0.29, 0.717) is 5.92 Å². The van der Waals surface area contributed by atoms with E-state index in [9.17, 15) is 4.79 Å². The Bertz CT molecular complexity index is 270. The van der Waals surface area contributed by atoms with Gasteiger partial charge in [-0.15, -0.1) is 0 Å². The van der Waals surface area contributed by atoms with Crippen molar-refractivity contribution in [3.8, 4) is 0 Å². The van der Waals surface area contributed by atoms with Crippen molar-refractivity contribution in [3.63, 3.8) is 0 Å². The number of hydrogen-bond donors (Lipinski definition) is 1. The van der Waals surface area contributed by atoms with Gasteiger partial charge in [-0.25, -0.2) is 0 Å². The molecule has 0 aliphatic carbocycles. The van der Waals surface area contributed by atoms with Gasteiger partial charge in [0.05, 0.1) is 5.92 Å². The molecule has 0 bridgehead atoms. The number of carbonyl (C=O) groups is 1. The van der Waals surface area contributed by atoms with Gasteiger partial charge in [0.2, 0.25) is 0 Å². The van der Waals surface area contributed by atoms with Crippen LogP contribution in [0.1, 0.15) is 66.2 Å². The van der Waals surface area contributed by atoms with Crippen LogP contribution in [0.3, 0.4) is 0 Å². The van der Waals surface area contributed by atoms with Crippen molar-refractivity contribution in [1.29, 1.82) is 0 Å². The highest BCUT2D eigenvalue weighted by Gasteiger charge is 2.35. The van der Waals surface area contributed by atoms with Gasteiger partial charge < -0.3 is 10.1 Å². The molecule has 0 spiro atoms. The summed E-state index contributed by atoms with van der Waals surface area (Å²) in [4.78, 5) is 12.2. The van der Waals surface area contributed by atoms with Crippen LogP contribution >= 0.6 is 0 Å². The normalized spacial score (nSPS) is 19.2. The monoisotopic (exact) mass is 269 g/mol. The summed E-state index contributed by atoms with van der Waals surface area (Å²) in [5, 5.41) is 3.36. The highest BCUT2D eigenvalue weighted by molar-refractivity contribution is 5.72. The average Bonchev–Trinajstić information content (AvgIpc) is 2.39. The second-order valence-electron chi connectivity index (χ2n) is 6.45. The van der Waals surface area contributed by atoms with Crippen molar-refractivity contribution in [2.45, 2.75) is 71.8 Å². The summed E-state index contributed by atoms with van der Waals surface area (Å²) in [5.74, 6) is 0.507. The predicted octanol–water partition coefficient (Wildman–Crippen LogP) is 3.52. The Kier molecular flexibility index (Phi) is 6.84. The van der Waals surface area contributed by atoms with E-state index in [1.165, 1.54) is 12.8 Å². The zero-order valence-corrected chi connectivity index (χ0v) is 13.1. The van der Waals surface area contributed by atoms with E-state index in [0.717, 1.165) is 38.8 Å². The van der Waals surface area contributed by atoms with E-state index < -0.39 is 0 Å². The van der Waals surface area contributed by atoms with Gasteiger partial charge in [-0.2, -0.15) is 0 Å². The van der Waals surface area contributed by atoms with Gasteiger partial charge in [-0.1, -0.05) is 33.1 Å². The van der Waals surface area contributed by atoms with Crippen LogP contribution in [0.5, 0.6) is 0 Å². The number of esters is 1. The molecule has 1 heterocycles. The molecule has 0 saturated carbocycles. The summed E-state index contributed by atoms with van der Waals surface area (Å²) in [6, 6.07) is 0. The zero-order chi connectivity index (χ0) is 14.3. The average molecular weight is 269 g/mol. The summed E-state index contributed by atoms with van der Waals surface area (Å²) >= 11 is 0. The van der Waals surface area contributed by atoms with E-state index >= 15 is 0 Å². The second-order valence-corrected chi connectivity index (χ2v) is 6.45. The number of ether oxygens (including phenoxy) is 1. The molecule has 112 valence electrons. The van der Waals surface area contributed by atoms with Crippen molar-refractivity contribution in [1.82, 2.24) is 5.32 Å². The molecule has 0 amide bonds. The van der Waals surface area contributed by atoms with Gasteiger partial charge >= 0.3 is 5.97 Å². The summed E-state index contributed by atoms with van der Waals surface area (Å²) in [6.07, 6.45) is 6.68. The summed E-state index contributed by atoms with van der Waals surface area (Å²) in [5.41, 5.74) is -0.321. The van der Waals surface area contributed by atoms with Crippen LogP contribution in [0.25, 0.3) is 0 Å². The largest absolute Gasteiger partial charge is 0.459 e. The van der Waals surface area contributed by atoms with Crippen molar-refractivity contribution in [2.24, 2.45) is 11.8 Å². The van der Waals surface area contributed by atoms with E-state index in [-0.39, 0.29) is 17.5 Å². The third-order valence-corrected chi connectivity index (χ3v) is 4.33. The molecule has 0 aromatic heterocycles. The van der Waals surface area contributed by atoms with E-state index in [2.05, 4.69) is 26.1 Å². The van der Waals surface area contributed by atoms with Gasteiger partial charge in [-0.3, -0.25) is 4.79 Å². The summed E-state index contributed by atoms with van der Waals surface area (Å²) in [7, 11) is 0. The molecular formula is C16H31NO2. The quantitative estimate of drug-likeness (QED) is 0.567. The maximum Gasteiger partial charge on any atom is 0.309 e. The minimum Gasteiger partial charge on any atom is -0.459 e. The van der Waals surface area contributed by atoms with Gasteiger partial charge in [0, 0.05) is 5.92 Å². The molecule has 0 radical (unpaired) electrons. The van der Waals surface area contributed by atoms with E-state index in [1.807, 2.05) is 6.92 Å². The molecule has 19 heavy (non-hydrogen) atoms. The fraction of sp³-hybridized carbons (Fsp3) is 0.938. The molecule has 1 N–H and O–H groups in total. The van der Waals surface area contributed by atoms with Crippen molar-refractivity contribution < 1.29 is 9.53 Å². The van der Waals surface area contributed by atoms with Gasteiger partial charge in [0.15, 0.2) is 0 Å². The molecule has 1 aliphatic rings. The third kappa shape index (κ3) is 5.52. The molecule has 1 rings (SSSR count). The van der Waals surface area contributed by atoms with Crippen LogP contribution in [0.2, 0.25) is 0 Å². The maximum atomic E-state index is 12.2. The van der Waals surface area contributed by atoms with Crippen LogP contribution in [0.4, 0.5) is 0 Å². The Balaban J connectivity index is 2.40. The van der Waals surface area contributed by atoms with Crippen molar-refractivity contribution >= 4 is 5.97 Å². The van der Waals surface area contributed by atoms with Crippen LogP contribution in [0.15, 0.2) is 0 Å². The fourth-order valence-corrected chi connectivity index (χ4v) is 2.78. The molecule has 0 aromatic carbocycles. The molecular weight excluding hydrogens is 238 g/mol. The predicted molar refractivity (Wildman–Crippen MR) is 79.1 cm³/mol. The number of hydrogen-bond acceptors (Lipinski definition) is 3. The standard InChI is InChI=1S/C16H31NO2/c1-5-6-7-8-13(2)15(18)19-16(3,4)14-9-11-17-12-10-14/h13-14,17H,5-12H2,1-4H3. The first kappa shape index (κ1) is 16.5. The Morgan fingerprint density at radius 2 is 1.95 bits per heavy atom. The molecule has 3 heteroatoms. The fourth-order valence-electron chi connectivity index (χ4n) is 2.78. The van der Waals surface area contributed by atoms with Gasteiger partial charge in [0.1, 0.15) is 5.60 Å². The SMILES string of the molecule is CCCCCC(C)C(=O)OC(C)(C)C1CCNCC1. The lowest BCUT2D eigenvalue weighted by atomic mass is 9.83.